The van der Waals surface area contributed by atoms with Crippen molar-refractivity contribution < 1.29 is 14.3 Å². The van der Waals surface area contributed by atoms with Gasteiger partial charge in [-0.1, -0.05) is 0 Å². The lowest BCUT2D eigenvalue weighted by atomic mass is 10.2. The number of aromatic amines is 2. The van der Waals surface area contributed by atoms with Crippen LogP contribution in [0.2, 0.25) is 0 Å². The molecule has 0 fully saturated rings. The molecule has 7 heteroatoms. The Morgan fingerprint density at radius 2 is 2.21 bits per heavy atom. The molecule has 0 aromatic carbocycles. The Kier molecular flexibility index (Phi) is 3.65. The van der Waals surface area contributed by atoms with Crippen LogP contribution < -0.4 is 5.32 Å². The van der Waals surface area contributed by atoms with Gasteiger partial charge in [-0.15, -0.1) is 0 Å². The summed E-state index contributed by atoms with van der Waals surface area (Å²) in [6.07, 6.45) is 4.43. The lowest BCUT2D eigenvalue weighted by Crippen LogP contribution is -2.14. The van der Waals surface area contributed by atoms with E-state index in [2.05, 4.69) is 20.5 Å². The summed E-state index contributed by atoms with van der Waals surface area (Å²) in [6, 6.07) is 0. The van der Waals surface area contributed by atoms with Gasteiger partial charge in [-0.2, -0.15) is 5.10 Å². The molecule has 2 aromatic rings. The third kappa shape index (κ3) is 2.65. The van der Waals surface area contributed by atoms with Crippen LogP contribution in [0.25, 0.3) is 0 Å². The third-order valence-electron chi connectivity index (χ3n) is 2.57. The molecule has 2 rings (SSSR count). The lowest BCUT2D eigenvalue weighted by Gasteiger charge is -2.06. The van der Waals surface area contributed by atoms with Gasteiger partial charge < -0.3 is 15.0 Å². The Hall–Kier alpha value is -2.57. The molecule has 2 aromatic heterocycles. The van der Waals surface area contributed by atoms with Crippen molar-refractivity contribution in [2.24, 2.45) is 0 Å². The van der Waals surface area contributed by atoms with Crippen LogP contribution in [0.15, 0.2) is 18.6 Å². The topological polar surface area (TPSA) is 99.9 Å². The molecular formula is C12H14N4O3. The van der Waals surface area contributed by atoms with Crippen molar-refractivity contribution in [1.82, 2.24) is 15.2 Å². The first-order valence-corrected chi connectivity index (χ1v) is 5.78. The number of nitrogens with zero attached hydrogens (tertiary/aromatic N) is 1. The molecule has 0 aliphatic carbocycles. The van der Waals surface area contributed by atoms with Gasteiger partial charge in [0.15, 0.2) is 0 Å². The van der Waals surface area contributed by atoms with Gasteiger partial charge in [0.25, 0.3) is 5.91 Å². The maximum Gasteiger partial charge on any atom is 0.342 e. The minimum Gasteiger partial charge on any atom is -0.462 e. The monoisotopic (exact) mass is 262 g/mol. The third-order valence-corrected chi connectivity index (χ3v) is 2.57. The van der Waals surface area contributed by atoms with Gasteiger partial charge in [0, 0.05) is 18.1 Å². The van der Waals surface area contributed by atoms with E-state index < -0.39 is 5.97 Å². The van der Waals surface area contributed by atoms with Crippen LogP contribution >= 0.6 is 0 Å². The highest BCUT2D eigenvalue weighted by Crippen LogP contribution is 2.21. The van der Waals surface area contributed by atoms with E-state index in [1.165, 1.54) is 12.4 Å². The van der Waals surface area contributed by atoms with Gasteiger partial charge in [-0.25, -0.2) is 4.79 Å². The number of H-pyrrole nitrogens is 2. The number of aromatic nitrogens is 3. The van der Waals surface area contributed by atoms with Crippen molar-refractivity contribution in [2.45, 2.75) is 13.8 Å². The zero-order valence-electron chi connectivity index (χ0n) is 10.6. The van der Waals surface area contributed by atoms with Crippen molar-refractivity contribution in [3.63, 3.8) is 0 Å². The first kappa shape index (κ1) is 12.9. The molecule has 0 aliphatic heterocycles. The Bertz CT molecular complexity index is 586. The van der Waals surface area contributed by atoms with Crippen LogP contribution in [0.1, 0.15) is 33.3 Å². The summed E-state index contributed by atoms with van der Waals surface area (Å²) in [5.74, 6) is -0.818. The second-order valence-electron chi connectivity index (χ2n) is 3.86. The Morgan fingerprint density at radius 3 is 2.84 bits per heavy atom. The second-order valence-corrected chi connectivity index (χ2v) is 3.86. The van der Waals surface area contributed by atoms with E-state index in [-0.39, 0.29) is 12.5 Å². The number of carbonyl (C=O) groups excluding carboxylic acids is 2. The summed E-state index contributed by atoms with van der Waals surface area (Å²) in [4.78, 5) is 26.6. The van der Waals surface area contributed by atoms with Crippen LogP contribution in [0.3, 0.4) is 0 Å². The van der Waals surface area contributed by atoms with E-state index in [4.69, 9.17) is 4.74 Å². The van der Waals surface area contributed by atoms with Crippen LogP contribution in [-0.4, -0.2) is 33.7 Å². The van der Waals surface area contributed by atoms with Gasteiger partial charge in [-0.3, -0.25) is 9.89 Å². The first-order chi connectivity index (χ1) is 9.13. The smallest absolute Gasteiger partial charge is 0.342 e. The minimum absolute atomic E-state index is 0.276. The van der Waals surface area contributed by atoms with Crippen molar-refractivity contribution >= 4 is 17.6 Å². The van der Waals surface area contributed by atoms with Crippen LogP contribution in [0.4, 0.5) is 5.69 Å². The average Bonchev–Trinajstić information content (AvgIpc) is 2.99. The van der Waals surface area contributed by atoms with Crippen molar-refractivity contribution in [1.29, 1.82) is 0 Å². The number of rotatable bonds is 4. The molecule has 0 bridgehead atoms. The zero-order valence-corrected chi connectivity index (χ0v) is 10.6. The minimum atomic E-state index is -0.469. The summed E-state index contributed by atoms with van der Waals surface area (Å²) < 4.78 is 4.95. The zero-order chi connectivity index (χ0) is 13.8. The summed E-state index contributed by atoms with van der Waals surface area (Å²) in [5.41, 5.74) is 1.75. The number of anilines is 1. The SMILES string of the molecule is CCOC(=O)c1c(NC(=O)c2cn[nH]c2)c[nH]c1C. The highest BCUT2D eigenvalue weighted by atomic mass is 16.5. The molecule has 0 saturated heterocycles. The van der Waals surface area contributed by atoms with Crippen molar-refractivity contribution in [3.8, 4) is 0 Å². The standard InChI is InChI=1S/C12H14N4O3/c1-3-19-12(18)10-7(2)13-6-9(10)16-11(17)8-4-14-15-5-8/h4-6,13H,3H2,1-2H3,(H,14,15)(H,16,17). The molecule has 0 spiro atoms. The van der Waals surface area contributed by atoms with Crippen molar-refractivity contribution in [3.05, 3.63) is 35.4 Å². The summed E-state index contributed by atoms with van der Waals surface area (Å²) >= 11 is 0. The number of amides is 1. The Morgan fingerprint density at radius 1 is 1.42 bits per heavy atom. The van der Waals surface area contributed by atoms with E-state index in [9.17, 15) is 9.59 Å². The molecule has 3 N–H and O–H groups in total. The molecule has 0 radical (unpaired) electrons. The number of ether oxygens (including phenoxy) is 1. The molecule has 0 aliphatic rings. The molecular weight excluding hydrogens is 248 g/mol. The quantitative estimate of drug-likeness (QED) is 0.726. The first-order valence-electron chi connectivity index (χ1n) is 5.78. The van der Waals surface area contributed by atoms with Gasteiger partial charge in [0.2, 0.25) is 0 Å². The van der Waals surface area contributed by atoms with E-state index in [1.54, 1.807) is 20.0 Å². The summed E-state index contributed by atoms with van der Waals surface area (Å²) in [7, 11) is 0. The highest BCUT2D eigenvalue weighted by molar-refractivity contribution is 6.08. The normalized spacial score (nSPS) is 10.2. The summed E-state index contributed by atoms with van der Waals surface area (Å²) in [5, 5.41) is 8.88. The maximum atomic E-state index is 11.9. The van der Waals surface area contributed by atoms with Crippen LogP contribution in [0.5, 0.6) is 0 Å². The number of aryl methyl sites for hydroxylation is 1. The van der Waals surface area contributed by atoms with E-state index >= 15 is 0 Å². The Labute approximate surface area is 109 Å². The molecule has 0 unspecified atom stereocenters. The number of carbonyl (C=O) groups is 2. The molecule has 19 heavy (non-hydrogen) atoms. The Balaban J connectivity index is 2.21. The van der Waals surface area contributed by atoms with Crippen LogP contribution in [0, 0.1) is 6.92 Å². The second kappa shape index (κ2) is 5.38. The predicted molar refractivity (Wildman–Crippen MR) is 68.0 cm³/mol. The number of hydrogen-bond donors (Lipinski definition) is 3. The average molecular weight is 262 g/mol. The van der Waals surface area contributed by atoms with Gasteiger partial charge in [-0.05, 0) is 13.8 Å². The molecule has 1 amide bonds. The molecule has 7 nitrogen and oxygen atoms in total. The summed E-state index contributed by atoms with van der Waals surface area (Å²) in [6.45, 7) is 3.74. The van der Waals surface area contributed by atoms with Crippen molar-refractivity contribution in [2.75, 3.05) is 11.9 Å². The van der Waals surface area contributed by atoms with Gasteiger partial charge in [0.05, 0.1) is 24.1 Å². The van der Waals surface area contributed by atoms with E-state index in [1.807, 2.05) is 0 Å². The maximum absolute atomic E-state index is 11.9. The molecule has 0 saturated carbocycles. The number of nitrogens with one attached hydrogen (secondary N) is 3. The van der Waals surface area contributed by atoms with Gasteiger partial charge >= 0.3 is 5.97 Å². The molecule has 2 heterocycles. The van der Waals surface area contributed by atoms with E-state index in [0.29, 0.717) is 22.5 Å². The number of esters is 1. The lowest BCUT2D eigenvalue weighted by molar-refractivity contribution is 0.0527. The fraction of sp³-hybridized carbons (Fsp3) is 0.250. The number of hydrogen-bond acceptors (Lipinski definition) is 4. The van der Waals surface area contributed by atoms with E-state index in [0.717, 1.165) is 0 Å². The predicted octanol–water partition coefficient (Wildman–Crippen LogP) is 1.48. The fourth-order valence-electron chi connectivity index (χ4n) is 1.66. The fourth-order valence-corrected chi connectivity index (χ4v) is 1.66. The van der Waals surface area contributed by atoms with Gasteiger partial charge in [0.1, 0.15) is 5.56 Å². The molecule has 100 valence electrons. The molecule has 0 atom stereocenters. The van der Waals surface area contributed by atoms with Crippen LogP contribution in [-0.2, 0) is 4.74 Å². The largest absolute Gasteiger partial charge is 0.462 e. The highest BCUT2D eigenvalue weighted by Gasteiger charge is 2.19.